The topological polar surface area (TPSA) is 20.2 Å². The predicted octanol–water partition coefficient (Wildman–Crippen LogP) is 2.89. The first kappa shape index (κ1) is 8.96. The van der Waals surface area contributed by atoms with Gasteiger partial charge in [0.05, 0.1) is 6.10 Å². The highest BCUT2D eigenvalue weighted by Crippen LogP contribution is 2.47. The largest absolute Gasteiger partial charge is 0.392 e. The summed E-state index contributed by atoms with van der Waals surface area (Å²) >= 11 is 0. The van der Waals surface area contributed by atoms with Crippen LogP contribution in [0.1, 0.15) is 44.9 Å². The van der Waals surface area contributed by atoms with Gasteiger partial charge in [0.2, 0.25) is 0 Å². The monoisotopic (exact) mass is 192 g/mol. The van der Waals surface area contributed by atoms with Crippen molar-refractivity contribution in [2.75, 3.05) is 0 Å². The van der Waals surface area contributed by atoms with Crippen LogP contribution in [-0.2, 0) is 0 Å². The molecule has 3 aliphatic rings. The van der Waals surface area contributed by atoms with Gasteiger partial charge in [0.25, 0.3) is 0 Å². The molecule has 2 fully saturated rings. The van der Waals surface area contributed by atoms with Gasteiger partial charge in [-0.1, -0.05) is 24.5 Å². The molecule has 0 heterocycles. The van der Waals surface area contributed by atoms with Gasteiger partial charge in [-0.3, -0.25) is 0 Å². The van der Waals surface area contributed by atoms with Gasteiger partial charge in [0, 0.05) is 5.92 Å². The molecule has 0 aliphatic heterocycles. The maximum absolute atomic E-state index is 10.2. The fourth-order valence-corrected chi connectivity index (χ4v) is 3.90. The van der Waals surface area contributed by atoms with Gasteiger partial charge in [-0.2, -0.15) is 0 Å². The number of hydrogen-bond acceptors (Lipinski definition) is 1. The molecule has 78 valence electrons. The van der Waals surface area contributed by atoms with Gasteiger partial charge in [0.15, 0.2) is 0 Å². The van der Waals surface area contributed by atoms with Crippen LogP contribution in [0.4, 0.5) is 0 Å². The number of rotatable bonds is 0. The fourth-order valence-electron chi connectivity index (χ4n) is 3.90. The van der Waals surface area contributed by atoms with Gasteiger partial charge >= 0.3 is 0 Å². The molecule has 1 heteroatoms. The zero-order chi connectivity index (χ0) is 9.54. The second-order valence-corrected chi connectivity index (χ2v) is 5.34. The van der Waals surface area contributed by atoms with E-state index in [0.717, 1.165) is 5.92 Å². The molecular formula is C13H20O. The first-order valence-corrected chi connectivity index (χ1v) is 6.25. The van der Waals surface area contributed by atoms with Gasteiger partial charge < -0.3 is 5.11 Å². The normalized spacial score (nSPS) is 46.8. The lowest BCUT2D eigenvalue weighted by molar-refractivity contribution is -0.00132. The fraction of sp³-hybridized carbons (Fsp3) is 0.846. The Labute approximate surface area is 86.2 Å². The smallest absolute Gasteiger partial charge is 0.0636 e. The third-order valence-electron chi connectivity index (χ3n) is 4.60. The van der Waals surface area contributed by atoms with Crippen molar-refractivity contribution in [1.82, 2.24) is 0 Å². The molecule has 0 spiro atoms. The standard InChI is InChI=1S/C13H20O/c14-13-10-5-3-7-12(13)11-6-2-1-4-9(11)8-10/h8,10-14H,1-7H2. The molecule has 4 atom stereocenters. The van der Waals surface area contributed by atoms with E-state index in [9.17, 15) is 5.11 Å². The molecule has 2 bridgehead atoms. The summed E-state index contributed by atoms with van der Waals surface area (Å²) in [5, 5.41) is 10.2. The second kappa shape index (κ2) is 3.37. The van der Waals surface area contributed by atoms with E-state index in [0.29, 0.717) is 11.8 Å². The van der Waals surface area contributed by atoms with Crippen molar-refractivity contribution in [2.24, 2.45) is 17.8 Å². The van der Waals surface area contributed by atoms with Gasteiger partial charge in [0.1, 0.15) is 0 Å². The minimum atomic E-state index is -0.00407. The Morgan fingerprint density at radius 3 is 2.93 bits per heavy atom. The zero-order valence-corrected chi connectivity index (χ0v) is 8.78. The highest BCUT2D eigenvalue weighted by molar-refractivity contribution is 5.19. The SMILES string of the molecule is OC1C2C=C3CCCCC3C1CCC2. The summed E-state index contributed by atoms with van der Waals surface area (Å²) in [6, 6.07) is 0. The van der Waals surface area contributed by atoms with E-state index < -0.39 is 0 Å². The van der Waals surface area contributed by atoms with Crippen LogP contribution in [0.5, 0.6) is 0 Å². The Morgan fingerprint density at radius 1 is 1.07 bits per heavy atom. The third kappa shape index (κ3) is 1.25. The Kier molecular flexibility index (Phi) is 2.16. The Morgan fingerprint density at radius 2 is 2.00 bits per heavy atom. The molecule has 2 saturated carbocycles. The molecular weight excluding hydrogens is 172 g/mol. The lowest BCUT2D eigenvalue weighted by atomic mass is 9.62. The molecule has 0 aromatic heterocycles. The summed E-state index contributed by atoms with van der Waals surface area (Å²) in [6.45, 7) is 0. The van der Waals surface area contributed by atoms with Crippen LogP contribution in [0.25, 0.3) is 0 Å². The lowest BCUT2D eigenvalue weighted by Crippen LogP contribution is -2.42. The van der Waals surface area contributed by atoms with Gasteiger partial charge in [-0.05, 0) is 43.9 Å². The Bertz CT molecular complexity index is 256. The molecule has 0 radical (unpaired) electrons. The summed E-state index contributed by atoms with van der Waals surface area (Å²) in [6.07, 6.45) is 11.7. The number of aliphatic hydroxyl groups is 1. The average molecular weight is 192 g/mol. The van der Waals surface area contributed by atoms with Crippen LogP contribution >= 0.6 is 0 Å². The molecule has 3 aliphatic carbocycles. The quantitative estimate of drug-likeness (QED) is 0.585. The molecule has 3 rings (SSSR count). The number of fused-ring (bicyclic) bond motifs is 4. The highest BCUT2D eigenvalue weighted by atomic mass is 16.3. The van der Waals surface area contributed by atoms with Crippen molar-refractivity contribution in [2.45, 2.75) is 51.0 Å². The van der Waals surface area contributed by atoms with E-state index in [2.05, 4.69) is 6.08 Å². The van der Waals surface area contributed by atoms with Crippen LogP contribution in [0.15, 0.2) is 11.6 Å². The van der Waals surface area contributed by atoms with E-state index >= 15 is 0 Å². The molecule has 14 heavy (non-hydrogen) atoms. The maximum atomic E-state index is 10.2. The molecule has 1 nitrogen and oxygen atoms in total. The second-order valence-electron chi connectivity index (χ2n) is 5.34. The van der Waals surface area contributed by atoms with Crippen molar-refractivity contribution >= 4 is 0 Å². The first-order valence-electron chi connectivity index (χ1n) is 6.25. The van der Waals surface area contributed by atoms with Gasteiger partial charge in [-0.25, -0.2) is 0 Å². The van der Waals surface area contributed by atoms with Crippen molar-refractivity contribution in [3.05, 3.63) is 11.6 Å². The van der Waals surface area contributed by atoms with Crippen molar-refractivity contribution < 1.29 is 5.11 Å². The summed E-state index contributed by atoms with van der Waals surface area (Å²) in [5.74, 6) is 1.89. The van der Waals surface area contributed by atoms with Crippen LogP contribution in [0.3, 0.4) is 0 Å². The average Bonchev–Trinajstić information content (AvgIpc) is 2.18. The van der Waals surface area contributed by atoms with Crippen LogP contribution < -0.4 is 0 Å². The Balaban J connectivity index is 1.93. The number of allylic oxidation sites excluding steroid dienone is 1. The Hall–Kier alpha value is -0.300. The molecule has 1 N–H and O–H groups in total. The lowest BCUT2D eigenvalue weighted by Gasteiger charge is -2.45. The van der Waals surface area contributed by atoms with Crippen LogP contribution in [-0.4, -0.2) is 11.2 Å². The predicted molar refractivity (Wildman–Crippen MR) is 56.9 cm³/mol. The molecule has 0 aromatic rings. The minimum Gasteiger partial charge on any atom is -0.392 e. The van der Waals surface area contributed by atoms with Crippen LogP contribution in [0.2, 0.25) is 0 Å². The summed E-state index contributed by atoms with van der Waals surface area (Å²) in [5.41, 5.74) is 1.70. The third-order valence-corrected chi connectivity index (χ3v) is 4.60. The van der Waals surface area contributed by atoms with Crippen LogP contribution in [0, 0.1) is 17.8 Å². The molecule has 0 aromatic carbocycles. The van der Waals surface area contributed by atoms with Crippen molar-refractivity contribution in [3.63, 3.8) is 0 Å². The summed E-state index contributed by atoms with van der Waals surface area (Å²) in [4.78, 5) is 0. The van der Waals surface area contributed by atoms with E-state index in [1.807, 2.05) is 0 Å². The summed E-state index contributed by atoms with van der Waals surface area (Å²) in [7, 11) is 0. The minimum absolute atomic E-state index is 0.00407. The first-order chi connectivity index (χ1) is 6.86. The molecule has 0 amide bonds. The van der Waals surface area contributed by atoms with E-state index in [1.54, 1.807) is 5.57 Å². The van der Waals surface area contributed by atoms with Gasteiger partial charge in [-0.15, -0.1) is 0 Å². The zero-order valence-electron chi connectivity index (χ0n) is 8.78. The van der Waals surface area contributed by atoms with Crippen molar-refractivity contribution in [3.8, 4) is 0 Å². The van der Waals surface area contributed by atoms with Crippen molar-refractivity contribution in [1.29, 1.82) is 0 Å². The summed E-state index contributed by atoms with van der Waals surface area (Å²) < 4.78 is 0. The number of aliphatic hydroxyl groups excluding tert-OH is 1. The maximum Gasteiger partial charge on any atom is 0.0636 e. The van der Waals surface area contributed by atoms with E-state index in [4.69, 9.17) is 0 Å². The van der Waals surface area contributed by atoms with E-state index in [1.165, 1.54) is 44.9 Å². The number of hydrogen-bond donors (Lipinski definition) is 1. The molecule has 0 saturated heterocycles. The van der Waals surface area contributed by atoms with E-state index in [-0.39, 0.29) is 6.10 Å². The molecule has 4 unspecified atom stereocenters. The highest BCUT2D eigenvalue weighted by Gasteiger charge is 2.41.